The van der Waals surface area contributed by atoms with Crippen LogP contribution in [0.15, 0.2) is 60.7 Å². The van der Waals surface area contributed by atoms with Crippen molar-refractivity contribution >= 4 is 17.5 Å². The Labute approximate surface area is 158 Å². The van der Waals surface area contributed by atoms with Crippen molar-refractivity contribution in [2.45, 2.75) is 13.5 Å². The van der Waals surface area contributed by atoms with Gasteiger partial charge in [0.15, 0.2) is 0 Å². The quantitative estimate of drug-likeness (QED) is 0.755. The van der Waals surface area contributed by atoms with Gasteiger partial charge < -0.3 is 10.2 Å². The number of rotatable bonds is 5. The Bertz CT molecular complexity index is 978. The molecule has 1 N–H and O–H groups in total. The molecule has 0 aliphatic carbocycles. The van der Waals surface area contributed by atoms with Crippen LogP contribution >= 0.6 is 0 Å². The second kappa shape index (κ2) is 8.11. The molecular weight excluding hydrogens is 338 g/mol. The van der Waals surface area contributed by atoms with Crippen LogP contribution in [-0.2, 0) is 6.54 Å². The summed E-state index contributed by atoms with van der Waals surface area (Å²) in [5.41, 5.74) is 3.28. The summed E-state index contributed by atoms with van der Waals surface area (Å²) in [6, 6.07) is 20.4. The van der Waals surface area contributed by atoms with E-state index in [0.29, 0.717) is 35.1 Å². The Balaban J connectivity index is 1.77. The molecule has 0 aliphatic rings. The van der Waals surface area contributed by atoms with E-state index < -0.39 is 0 Å². The number of anilines is 2. The number of carbonyl (C=O) groups excluding carboxylic acids is 1. The molecule has 0 saturated heterocycles. The van der Waals surface area contributed by atoms with Crippen molar-refractivity contribution in [3.05, 3.63) is 83.2 Å². The number of carbonyl (C=O) groups is 1. The standard InChI is InChI=1S/C21H19N5O/c1-15-12-19(20(27)24-18-10-8-16(13-22)9-11-18)25-21(23-15)26(2)14-17-6-4-3-5-7-17/h3-12H,14H2,1-2H3,(H,24,27). The van der Waals surface area contributed by atoms with E-state index in [-0.39, 0.29) is 5.91 Å². The van der Waals surface area contributed by atoms with Crippen molar-refractivity contribution in [2.24, 2.45) is 0 Å². The van der Waals surface area contributed by atoms with E-state index in [1.54, 1.807) is 30.3 Å². The van der Waals surface area contributed by atoms with Gasteiger partial charge >= 0.3 is 0 Å². The van der Waals surface area contributed by atoms with Crippen LogP contribution in [-0.4, -0.2) is 22.9 Å². The van der Waals surface area contributed by atoms with Gasteiger partial charge in [-0.15, -0.1) is 0 Å². The summed E-state index contributed by atoms with van der Waals surface area (Å²) in [7, 11) is 1.89. The number of nitrogens with one attached hydrogen (secondary N) is 1. The lowest BCUT2D eigenvalue weighted by Crippen LogP contribution is -2.22. The summed E-state index contributed by atoms with van der Waals surface area (Å²) in [6.07, 6.45) is 0. The average molecular weight is 357 g/mol. The molecule has 27 heavy (non-hydrogen) atoms. The largest absolute Gasteiger partial charge is 0.340 e. The van der Waals surface area contributed by atoms with Gasteiger partial charge in [-0.2, -0.15) is 5.26 Å². The molecule has 1 heterocycles. The van der Waals surface area contributed by atoms with Gasteiger partial charge in [0, 0.05) is 25.0 Å². The van der Waals surface area contributed by atoms with Crippen LogP contribution in [0.25, 0.3) is 0 Å². The SMILES string of the molecule is Cc1cc(C(=O)Nc2ccc(C#N)cc2)nc(N(C)Cc2ccccc2)n1. The molecule has 1 aromatic heterocycles. The number of amides is 1. The summed E-state index contributed by atoms with van der Waals surface area (Å²) in [5, 5.41) is 11.6. The van der Waals surface area contributed by atoms with Crippen LogP contribution in [0.3, 0.4) is 0 Å². The minimum atomic E-state index is -0.320. The highest BCUT2D eigenvalue weighted by Crippen LogP contribution is 2.15. The summed E-state index contributed by atoms with van der Waals surface area (Å²) < 4.78 is 0. The fraction of sp³-hybridized carbons (Fsp3) is 0.143. The maximum absolute atomic E-state index is 12.6. The highest BCUT2D eigenvalue weighted by atomic mass is 16.1. The van der Waals surface area contributed by atoms with Crippen molar-refractivity contribution < 1.29 is 4.79 Å². The first-order chi connectivity index (χ1) is 13.0. The van der Waals surface area contributed by atoms with Crippen molar-refractivity contribution in [3.63, 3.8) is 0 Å². The monoisotopic (exact) mass is 357 g/mol. The lowest BCUT2D eigenvalue weighted by molar-refractivity contribution is 0.102. The molecule has 6 nitrogen and oxygen atoms in total. The first kappa shape index (κ1) is 18.1. The van der Waals surface area contributed by atoms with Gasteiger partial charge in [-0.25, -0.2) is 9.97 Å². The number of nitriles is 1. The van der Waals surface area contributed by atoms with Gasteiger partial charge in [-0.3, -0.25) is 4.79 Å². The molecule has 0 radical (unpaired) electrons. The fourth-order valence-corrected chi connectivity index (χ4v) is 2.59. The average Bonchev–Trinajstić information content (AvgIpc) is 2.69. The summed E-state index contributed by atoms with van der Waals surface area (Å²) in [6.45, 7) is 2.47. The van der Waals surface area contributed by atoms with Crippen molar-refractivity contribution in [1.82, 2.24) is 9.97 Å². The van der Waals surface area contributed by atoms with E-state index >= 15 is 0 Å². The highest BCUT2D eigenvalue weighted by Gasteiger charge is 2.13. The topological polar surface area (TPSA) is 81.9 Å². The molecule has 0 unspecified atom stereocenters. The van der Waals surface area contributed by atoms with E-state index in [4.69, 9.17) is 5.26 Å². The van der Waals surface area contributed by atoms with Gasteiger partial charge in [0.2, 0.25) is 5.95 Å². The first-order valence-corrected chi connectivity index (χ1v) is 8.47. The van der Waals surface area contributed by atoms with E-state index in [2.05, 4.69) is 15.3 Å². The second-order valence-electron chi connectivity index (χ2n) is 6.18. The zero-order chi connectivity index (χ0) is 19.2. The zero-order valence-electron chi connectivity index (χ0n) is 15.2. The second-order valence-corrected chi connectivity index (χ2v) is 6.18. The molecule has 0 aliphatic heterocycles. The van der Waals surface area contributed by atoms with Gasteiger partial charge in [-0.1, -0.05) is 30.3 Å². The maximum Gasteiger partial charge on any atom is 0.274 e. The molecular formula is C21H19N5O. The van der Waals surface area contributed by atoms with E-state index in [1.807, 2.05) is 55.3 Å². The molecule has 2 aromatic carbocycles. The smallest absolute Gasteiger partial charge is 0.274 e. The number of aromatic nitrogens is 2. The molecule has 0 spiro atoms. The van der Waals surface area contributed by atoms with Crippen molar-refractivity contribution in [1.29, 1.82) is 5.26 Å². The molecule has 3 aromatic rings. The molecule has 3 rings (SSSR count). The molecule has 134 valence electrons. The van der Waals surface area contributed by atoms with Crippen LogP contribution in [0.1, 0.15) is 27.3 Å². The Morgan fingerprint density at radius 3 is 2.48 bits per heavy atom. The Morgan fingerprint density at radius 1 is 1.11 bits per heavy atom. The van der Waals surface area contributed by atoms with Gasteiger partial charge in [0.1, 0.15) is 5.69 Å². The summed E-state index contributed by atoms with van der Waals surface area (Å²) in [4.78, 5) is 23.3. The Morgan fingerprint density at radius 2 is 1.81 bits per heavy atom. The predicted molar refractivity (Wildman–Crippen MR) is 104 cm³/mol. The molecule has 0 saturated carbocycles. The van der Waals surface area contributed by atoms with Crippen LogP contribution < -0.4 is 10.2 Å². The molecule has 1 amide bonds. The Kier molecular flexibility index (Phi) is 5.43. The lowest BCUT2D eigenvalue weighted by atomic mass is 10.2. The van der Waals surface area contributed by atoms with Crippen LogP contribution in [0.5, 0.6) is 0 Å². The molecule has 6 heteroatoms. The fourth-order valence-electron chi connectivity index (χ4n) is 2.59. The third-order valence-electron chi connectivity index (χ3n) is 3.95. The van der Waals surface area contributed by atoms with Crippen molar-refractivity contribution in [2.75, 3.05) is 17.3 Å². The first-order valence-electron chi connectivity index (χ1n) is 8.47. The lowest BCUT2D eigenvalue weighted by Gasteiger charge is -2.18. The number of nitrogens with zero attached hydrogens (tertiary/aromatic N) is 4. The highest BCUT2D eigenvalue weighted by molar-refractivity contribution is 6.03. The molecule has 0 atom stereocenters. The number of benzene rings is 2. The summed E-state index contributed by atoms with van der Waals surface area (Å²) in [5.74, 6) is 0.170. The number of aryl methyl sites for hydroxylation is 1. The van der Waals surface area contributed by atoms with E-state index in [0.717, 1.165) is 5.56 Å². The molecule has 0 bridgehead atoms. The normalized spacial score (nSPS) is 10.1. The Hall–Kier alpha value is -3.72. The van der Waals surface area contributed by atoms with Crippen LogP contribution in [0.2, 0.25) is 0 Å². The van der Waals surface area contributed by atoms with Crippen LogP contribution in [0, 0.1) is 18.3 Å². The minimum absolute atomic E-state index is 0.293. The predicted octanol–water partition coefficient (Wildman–Crippen LogP) is 3.55. The van der Waals surface area contributed by atoms with Gasteiger partial charge in [0.25, 0.3) is 5.91 Å². The van der Waals surface area contributed by atoms with Crippen LogP contribution in [0.4, 0.5) is 11.6 Å². The molecule has 0 fully saturated rings. The van der Waals surface area contributed by atoms with E-state index in [1.165, 1.54) is 0 Å². The number of hydrogen-bond donors (Lipinski definition) is 1. The third kappa shape index (κ3) is 4.67. The van der Waals surface area contributed by atoms with Crippen molar-refractivity contribution in [3.8, 4) is 6.07 Å². The maximum atomic E-state index is 12.6. The minimum Gasteiger partial charge on any atom is -0.340 e. The van der Waals surface area contributed by atoms with E-state index in [9.17, 15) is 4.79 Å². The number of hydrogen-bond acceptors (Lipinski definition) is 5. The summed E-state index contributed by atoms with van der Waals surface area (Å²) >= 11 is 0. The van der Waals surface area contributed by atoms with Gasteiger partial charge in [-0.05, 0) is 42.8 Å². The third-order valence-corrected chi connectivity index (χ3v) is 3.95. The zero-order valence-corrected chi connectivity index (χ0v) is 15.2. The van der Waals surface area contributed by atoms with Gasteiger partial charge in [0.05, 0.1) is 11.6 Å².